The Labute approximate surface area is 97.2 Å². The molecule has 0 aliphatic carbocycles. The van der Waals surface area contributed by atoms with Gasteiger partial charge in [0, 0.05) is 14.1 Å². The highest BCUT2D eigenvalue weighted by Crippen LogP contribution is 2.25. The van der Waals surface area contributed by atoms with Gasteiger partial charge in [-0.1, -0.05) is 0 Å². The minimum Gasteiger partial charge on any atom is -0.473 e. The Bertz CT molecular complexity index is 354. The third kappa shape index (κ3) is 2.44. The van der Waals surface area contributed by atoms with Gasteiger partial charge in [-0.2, -0.15) is 0 Å². The second-order valence-electron chi connectivity index (χ2n) is 4.42. The van der Waals surface area contributed by atoms with E-state index >= 15 is 0 Å². The summed E-state index contributed by atoms with van der Waals surface area (Å²) in [5, 5.41) is 0. The SMILES string of the molecule is CC(=O)C1=C(C)OC(N(C)C)C(N(C)C)=C1. The fourth-order valence-corrected chi connectivity index (χ4v) is 1.68. The first-order chi connectivity index (χ1) is 7.34. The van der Waals surface area contributed by atoms with Crippen molar-refractivity contribution >= 4 is 5.78 Å². The predicted octanol–water partition coefficient (Wildman–Crippen LogP) is 1.21. The second kappa shape index (κ2) is 4.70. The summed E-state index contributed by atoms with van der Waals surface area (Å²) in [6.45, 7) is 3.39. The average molecular weight is 224 g/mol. The number of hydrogen-bond acceptors (Lipinski definition) is 4. The molecule has 0 radical (unpaired) electrons. The molecule has 1 rings (SSSR count). The molecule has 0 saturated carbocycles. The van der Waals surface area contributed by atoms with E-state index in [-0.39, 0.29) is 12.0 Å². The highest BCUT2D eigenvalue weighted by molar-refractivity contribution is 5.96. The standard InChI is InChI=1S/C12H20N2O2/c1-8(15)10-7-11(13(3)4)12(14(5)6)16-9(10)2/h7,12H,1-6H3. The highest BCUT2D eigenvalue weighted by Gasteiger charge is 2.27. The van der Waals surface area contributed by atoms with Crippen molar-refractivity contribution in [1.29, 1.82) is 0 Å². The fraction of sp³-hybridized carbons (Fsp3) is 0.583. The topological polar surface area (TPSA) is 32.8 Å². The van der Waals surface area contributed by atoms with E-state index in [1.54, 1.807) is 6.92 Å². The molecule has 0 aromatic heterocycles. The summed E-state index contributed by atoms with van der Waals surface area (Å²) in [5.74, 6) is 0.728. The molecule has 0 fully saturated rings. The molecule has 0 aromatic carbocycles. The van der Waals surface area contributed by atoms with Crippen LogP contribution in [0.4, 0.5) is 0 Å². The molecule has 0 aromatic rings. The fourth-order valence-electron chi connectivity index (χ4n) is 1.68. The van der Waals surface area contributed by atoms with Crippen LogP contribution < -0.4 is 0 Å². The van der Waals surface area contributed by atoms with E-state index in [1.807, 2.05) is 51.0 Å². The Kier molecular flexibility index (Phi) is 3.75. The number of carbonyl (C=O) groups is 1. The second-order valence-corrected chi connectivity index (χ2v) is 4.42. The first kappa shape index (κ1) is 12.8. The minimum atomic E-state index is -0.127. The summed E-state index contributed by atoms with van der Waals surface area (Å²) in [6, 6.07) is 0. The van der Waals surface area contributed by atoms with Gasteiger partial charge in [0.15, 0.2) is 12.0 Å². The lowest BCUT2D eigenvalue weighted by molar-refractivity contribution is -0.113. The first-order valence-electron chi connectivity index (χ1n) is 5.28. The molecule has 4 heteroatoms. The molecule has 1 unspecified atom stereocenters. The average Bonchev–Trinajstić information content (AvgIpc) is 2.15. The molecule has 0 bridgehead atoms. The normalized spacial score (nSPS) is 20.7. The maximum atomic E-state index is 11.4. The number of ether oxygens (including phenoxy) is 1. The van der Waals surface area contributed by atoms with Crippen LogP contribution >= 0.6 is 0 Å². The van der Waals surface area contributed by atoms with Crippen molar-refractivity contribution in [3.05, 3.63) is 23.1 Å². The van der Waals surface area contributed by atoms with Gasteiger partial charge in [-0.15, -0.1) is 0 Å². The maximum absolute atomic E-state index is 11.4. The molecule has 16 heavy (non-hydrogen) atoms. The molecule has 1 aliphatic rings. The Hall–Kier alpha value is -1.29. The van der Waals surface area contributed by atoms with Crippen LogP contribution in [0, 0.1) is 0 Å². The number of allylic oxidation sites excluding steroid dienone is 3. The van der Waals surface area contributed by atoms with Gasteiger partial charge in [-0.3, -0.25) is 9.69 Å². The molecule has 1 atom stereocenters. The van der Waals surface area contributed by atoms with Crippen LogP contribution in [0.25, 0.3) is 0 Å². The van der Waals surface area contributed by atoms with Gasteiger partial charge in [0.1, 0.15) is 5.76 Å². The zero-order valence-corrected chi connectivity index (χ0v) is 10.9. The molecule has 0 amide bonds. The largest absolute Gasteiger partial charge is 0.473 e. The van der Waals surface area contributed by atoms with E-state index in [4.69, 9.17) is 4.74 Å². The molecule has 1 aliphatic heterocycles. The molecule has 1 heterocycles. The van der Waals surface area contributed by atoms with Crippen molar-refractivity contribution in [2.24, 2.45) is 0 Å². The van der Waals surface area contributed by atoms with Crippen molar-refractivity contribution in [2.75, 3.05) is 28.2 Å². The van der Waals surface area contributed by atoms with E-state index < -0.39 is 0 Å². The molecule has 90 valence electrons. The first-order valence-corrected chi connectivity index (χ1v) is 5.28. The number of carbonyl (C=O) groups excluding carboxylic acids is 1. The molecule has 4 nitrogen and oxygen atoms in total. The van der Waals surface area contributed by atoms with E-state index in [2.05, 4.69) is 0 Å². The maximum Gasteiger partial charge on any atom is 0.192 e. The molecular formula is C12H20N2O2. The van der Waals surface area contributed by atoms with Gasteiger partial charge in [-0.05, 0) is 34.0 Å². The molecule has 0 N–H and O–H groups in total. The monoisotopic (exact) mass is 224 g/mol. The summed E-state index contributed by atoms with van der Waals surface area (Å²) < 4.78 is 5.77. The molecule has 0 saturated heterocycles. The van der Waals surface area contributed by atoms with E-state index in [1.165, 1.54) is 0 Å². The number of Topliss-reactive ketones (excluding diaryl/α,β-unsaturated/α-hetero) is 1. The zero-order valence-electron chi connectivity index (χ0n) is 10.9. The van der Waals surface area contributed by atoms with Crippen LogP contribution in [-0.2, 0) is 9.53 Å². The van der Waals surface area contributed by atoms with Crippen LogP contribution in [0.5, 0.6) is 0 Å². The van der Waals surface area contributed by atoms with Gasteiger partial charge in [0.2, 0.25) is 0 Å². The number of nitrogens with zero attached hydrogens (tertiary/aromatic N) is 2. The van der Waals surface area contributed by atoms with Crippen LogP contribution in [-0.4, -0.2) is 50.0 Å². The van der Waals surface area contributed by atoms with Crippen LogP contribution in [0.15, 0.2) is 23.1 Å². The summed E-state index contributed by atoms with van der Waals surface area (Å²) in [4.78, 5) is 15.4. The van der Waals surface area contributed by atoms with Gasteiger partial charge < -0.3 is 9.64 Å². The third-order valence-electron chi connectivity index (χ3n) is 2.58. The number of ketones is 1. The smallest absolute Gasteiger partial charge is 0.192 e. The quantitative estimate of drug-likeness (QED) is 0.721. The summed E-state index contributed by atoms with van der Waals surface area (Å²) >= 11 is 0. The van der Waals surface area contributed by atoms with Crippen molar-refractivity contribution in [2.45, 2.75) is 20.1 Å². The lowest BCUT2D eigenvalue weighted by atomic mass is 10.1. The van der Waals surface area contributed by atoms with Crippen molar-refractivity contribution in [1.82, 2.24) is 9.80 Å². The van der Waals surface area contributed by atoms with E-state index in [9.17, 15) is 4.79 Å². The molecular weight excluding hydrogens is 204 g/mol. The van der Waals surface area contributed by atoms with Crippen LogP contribution in [0.3, 0.4) is 0 Å². The van der Waals surface area contributed by atoms with Gasteiger partial charge in [0.05, 0.1) is 11.3 Å². The lowest BCUT2D eigenvalue weighted by Gasteiger charge is -2.35. The van der Waals surface area contributed by atoms with Crippen LogP contribution in [0.1, 0.15) is 13.8 Å². The number of hydrogen-bond donors (Lipinski definition) is 0. The summed E-state index contributed by atoms with van der Waals surface area (Å²) in [6.07, 6.45) is 1.78. The number of likely N-dealkylation sites (N-methyl/N-ethyl adjacent to an activating group) is 2. The van der Waals surface area contributed by atoms with Gasteiger partial charge in [-0.25, -0.2) is 0 Å². The van der Waals surface area contributed by atoms with E-state index in [0.717, 1.165) is 5.70 Å². The predicted molar refractivity (Wildman–Crippen MR) is 63.7 cm³/mol. The van der Waals surface area contributed by atoms with Crippen molar-refractivity contribution in [3.63, 3.8) is 0 Å². The highest BCUT2D eigenvalue weighted by atomic mass is 16.5. The zero-order chi connectivity index (χ0) is 12.5. The summed E-state index contributed by atoms with van der Waals surface area (Å²) in [7, 11) is 7.80. The van der Waals surface area contributed by atoms with Crippen LogP contribution in [0.2, 0.25) is 0 Å². The Balaban J connectivity index is 3.14. The summed E-state index contributed by atoms with van der Waals surface area (Å²) in [5.41, 5.74) is 1.64. The lowest BCUT2D eigenvalue weighted by Crippen LogP contribution is -2.39. The van der Waals surface area contributed by atoms with Crippen molar-refractivity contribution < 1.29 is 9.53 Å². The molecule has 0 spiro atoms. The Morgan fingerprint density at radius 1 is 1.31 bits per heavy atom. The third-order valence-corrected chi connectivity index (χ3v) is 2.58. The van der Waals surface area contributed by atoms with Crippen molar-refractivity contribution in [3.8, 4) is 0 Å². The Morgan fingerprint density at radius 3 is 2.25 bits per heavy atom. The Morgan fingerprint density at radius 2 is 1.88 bits per heavy atom. The van der Waals surface area contributed by atoms with E-state index in [0.29, 0.717) is 11.3 Å². The van der Waals surface area contributed by atoms with Gasteiger partial charge in [0.25, 0.3) is 0 Å². The van der Waals surface area contributed by atoms with Gasteiger partial charge >= 0.3 is 0 Å². The minimum absolute atomic E-state index is 0.0362. The number of rotatable bonds is 3.